The Morgan fingerprint density at radius 2 is 2.06 bits per heavy atom. The van der Waals surface area contributed by atoms with Crippen LogP contribution in [-0.2, 0) is 13.0 Å². The van der Waals surface area contributed by atoms with Gasteiger partial charge in [0.25, 0.3) is 0 Å². The molecule has 0 saturated heterocycles. The number of rotatable bonds is 4. The fourth-order valence-electron chi connectivity index (χ4n) is 2.33. The van der Waals surface area contributed by atoms with E-state index in [1.54, 1.807) is 0 Å². The number of halogens is 1. The van der Waals surface area contributed by atoms with Gasteiger partial charge in [0, 0.05) is 15.4 Å². The van der Waals surface area contributed by atoms with Gasteiger partial charge in [0.05, 0.1) is 6.54 Å². The van der Waals surface area contributed by atoms with Crippen LogP contribution in [0.5, 0.6) is 0 Å². The van der Waals surface area contributed by atoms with Crippen molar-refractivity contribution in [3.05, 3.63) is 33.5 Å². The molecule has 1 heterocycles. The second-order valence-electron chi connectivity index (χ2n) is 5.20. The Bertz CT molecular complexity index is 557. The predicted molar refractivity (Wildman–Crippen MR) is 80.0 cm³/mol. The summed E-state index contributed by atoms with van der Waals surface area (Å²) in [5.74, 6) is 1.69. The van der Waals surface area contributed by atoms with Gasteiger partial charge >= 0.3 is 0 Å². The van der Waals surface area contributed by atoms with Crippen molar-refractivity contribution in [1.82, 2.24) is 5.32 Å². The summed E-state index contributed by atoms with van der Waals surface area (Å²) in [5.41, 5.74) is 3.55. The average Bonchev–Trinajstić information content (AvgIpc) is 2.64. The van der Waals surface area contributed by atoms with Crippen LogP contribution in [0.25, 0.3) is 11.0 Å². The van der Waals surface area contributed by atoms with E-state index in [2.05, 4.69) is 54.2 Å². The molecule has 1 aromatic carbocycles. The molecule has 0 aliphatic carbocycles. The Hall–Kier alpha value is -0.800. The molecule has 1 aromatic heterocycles. The van der Waals surface area contributed by atoms with Gasteiger partial charge < -0.3 is 9.73 Å². The molecule has 2 rings (SSSR count). The standard InChI is InChI=1S/C15H20BrNO/c1-9(2)7-11-13(8-17-4)18-15-10(3)5-6-12(16)14(11)15/h5-6,9,17H,7-8H2,1-4H3. The lowest BCUT2D eigenvalue weighted by molar-refractivity contribution is 0.514. The minimum absolute atomic E-state index is 0.619. The topological polar surface area (TPSA) is 25.2 Å². The number of hydrogen-bond acceptors (Lipinski definition) is 2. The summed E-state index contributed by atoms with van der Waals surface area (Å²) >= 11 is 3.66. The molecule has 1 N–H and O–H groups in total. The number of fused-ring (bicyclic) bond motifs is 1. The third-order valence-electron chi connectivity index (χ3n) is 3.12. The van der Waals surface area contributed by atoms with Crippen molar-refractivity contribution in [1.29, 1.82) is 0 Å². The van der Waals surface area contributed by atoms with Crippen LogP contribution in [-0.4, -0.2) is 7.05 Å². The van der Waals surface area contributed by atoms with Crippen LogP contribution in [0.3, 0.4) is 0 Å². The summed E-state index contributed by atoms with van der Waals surface area (Å²) in [6.45, 7) is 7.36. The molecule has 18 heavy (non-hydrogen) atoms. The monoisotopic (exact) mass is 309 g/mol. The number of hydrogen-bond donors (Lipinski definition) is 1. The van der Waals surface area contributed by atoms with E-state index in [0.717, 1.165) is 28.8 Å². The minimum Gasteiger partial charge on any atom is -0.459 e. The molecule has 0 bridgehead atoms. The van der Waals surface area contributed by atoms with Crippen molar-refractivity contribution < 1.29 is 4.42 Å². The quantitative estimate of drug-likeness (QED) is 0.904. The lowest BCUT2D eigenvalue weighted by Crippen LogP contribution is -2.07. The van der Waals surface area contributed by atoms with E-state index < -0.39 is 0 Å². The summed E-state index contributed by atoms with van der Waals surface area (Å²) in [6.07, 6.45) is 1.05. The van der Waals surface area contributed by atoms with Crippen molar-refractivity contribution >= 4 is 26.9 Å². The number of furan rings is 1. The third kappa shape index (κ3) is 2.47. The SMILES string of the molecule is CNCc1oc2c(C)ccc(Br)c2c1CC(C)C. The predicted octanol–water partition coefficient (Wildman–Crippen LogP) is 4.42. The Labute approximate surface area is 117 Å². The zero-order valence-corrected chi connectivity index (χ0v) is 13.0. The van der Waals surface area contributed by atoms with Crippen molar-refractivity contribution in [2.75, 3.05) is 7.05 Å². The van der Waals surface area contributed by atoms with Crippen molar-refractivity contribution in [2.24, 2.45) is 5.92 Å². The highest BCUT2D eigenvalue weighted by molar-refractivity contribution is 9.10. The molecule has 0 spiro atoms. The highest BCUT2D eigenvalue weighted by atomic mass is 79.9. The van der Waals surface area contributed by atoms with E-state index >= 15 is 0 Å². The molecule has 3 heteroatoms. The molecular formula is C15H20BrNO. The maximum absolute atomic E-state index is 6.06. The lowest BCUT2D eigenvalue weighted by atomic mass is 9.99. The Kier molecular flexibility index (Phi) is 4.13. The van der Waals surface area contributed by atoms with E-state index in [1.807, 2.05) is 7.05 Å². The molecule has 0 saturated carbocycles. The molecule has 0 unspecified atom stereocenters. The molecule has 2 aromatic rings. The van der Waals surface area contributed by atoms with Gasteiger partial charge in [-0.3, -0.25) is 0 Å². The Morgan fingerprint density at radius 1 is 1.33 bits per heavy atom. The molecule has 0 aliphatic rings. The zero-order chi connectivity index (χ0) is 13.3. The molecule has 0 radical (unpaired) electrons. The fraction of sp³-hybridized carbons (Fsp3) is 0.467. The third-order valence-corrected chi connectivity index (χ3v) is 3.78. The van der Waals surface area contributed by atoms with Crippen molar-refractivity contribution in [2.45, 2.75) is 33.7 Å². The molecule has 0 atom stereocenters. The maximum Gasteiger partial charge on any atom is 0.138 e. The first-order valence-electron chi connectivity index (χ1n) is 6.38. The smallest absolute Gasteiger partial charge is 0.138 e. The number of nitrogens with one attached hydrogen (secondary N) is 1. The van der Waals surface area contributed by atoms with Gasteiger partial charge in [-0.1, -0.05) is 35.8 Å². The molecule has 0 aliphatic heterocycles. The van der Waals surface area contributed by atoms with Gasteiger partial charge in [-0.2, -0.15) is 0 Å². The summed E-state index contributed by atoms with van der Waals surface area (Å²) < 4.78 is 7.19. The first-order chi connectivity index (χ1) is 8.54. The van der Waals surface area contributed by atoms with Gasteiger partial charge in [-0.05, 0) is 37.9 Å². The summed E-state index contributed by atoms with van der Waals surface area (Å²) in [6, 6.07) is 4.21. The van der Waals surface area contributed by atoms with Crippen LogP contribution in [0.1, 0.15) is 30.7 Å². The first-order valence-corrected chi connectivity index (χ1v) is 7.17. The summed E-state index contributed by atoms with van der Waals surface area (Å²) in [5, 5.41) is 4.43. The van der Waals surface area contributed by atoms with E-state index in [4.69, 9.17) is 4.42 Å². The minimum atomic E-state index is 0.619. The molecule has 2 nitrogen and oxygen atoms in total. The van der Waals surface area contributed by atoms with Gasteiger partial charge in [-0.15, -0.1) is 0 Å². The Balaban J connectivity index is 2.68. The molecule has 98 valence electrons. The van der Waals surface area contributed by atoms with Crippen LogP contribution < -0.4 is 5.32 Å². The fourth-order valence-corrected chi connectivity index (χ4v) is 2.88. The van der Waals surface area contributed by atoms with Crippen molar-refractivity contribution in [3.63, 3.8) is 0 Å². The van der Waals surface area contributed by atoms with Crippen LogP contribution in [0, 0.1) is 12.8 Å². The number of benzene rings is 1. The Morgan fingerprint density at radius 3 is 2.67 bits per heavy atom. The van der Waals surface area contributed by atoms with Crippen LogP contribution >= 0.6 is 15.9 Å². The second-order valence-corrected chi connectivity index (χ2v) is 6.05. The normalized spacial score (nSPS) is 11.7. The zero-order valence-electron chi connectivity index (χ0n) is 11.4. The highest BCUT2D eigenvalue weighted by Gasteiger charge is 2.18. The van der Waals surface area contributed by atoms with E-state index in [0.29, 0.717) is 5.92 Å². The van der Waals surface area contributed by atoms with Crippen molar-refractivity contribution in [3.8, 4) is 0 Å². The largest absolute Gasteiger partial charge is 0.459 e. The maximum atomic E-state index is 6.06. The summed E-state index contributed by atoms with van der Waals surface area (Å²) in [7, 11) is 1.95. The van der Waals surface area contributed by atoms with Crippen LogP contribution in [0.15, 0.2) is 21.0 Å². The van der Waals surface area contributed by atoms with E-state index in [9.17, 15) is 0 Å². The average molecular weight is 310 g/mol. The first kappa shape index (κ1) is 13.6. The van der Waals surface area contributed by atoms with Crippen LogP contribution in [0.2, 0.25) is 0 Å². The van der Waals surface area contributed by atoms with Crippen LogP contribution in [0.4, 0.5) is 0 Å². The molecular weight excluding hydrogens is 290 g/mol. The summed E-state index contributed by atoms with van der Waals surface area (Å²) in [4.78, 5) is 0. The number of aryl methyl sites for hydroxylation is 1. The molecule has 0 amide bonds. The van der Waals surface area contributed by atoms with Gasteiger partial charge in [0.2, 0.25) is 0 Å². The second kappa shape index (κ2) is 5.45. The lowest BCUT2D eigenvalue weighted by Gasteiger charge is -2.06. The van der Waals surface area contributed by atoms with E-state index in [1.165, 1.54) is 16.5 Å². The highest BCUT2D eigenvalue weighted by Crippen LogP contribution is 2.35. The van der Waals surface area contributed by atoms with E-state index in [-0.39, 0.29) is 0 Å². The van der Waals surface area contributed by atoms with Gasteiger partial charge in [0.15, 0.2) is 0 Å². The van der Waals surface area contributed by atoms with Gasteiger partial charge in [0.1, 0.15) is 11.3 Å². The molecule has 0 fully saturated rings. The van der Waals surface area contributed by atoms with Gasteiger partial charge in [-0.25, -0.2) is 0 Å².